The minimum Gasteiger partial charge on any atom is -0.475 e. The van der Waals surface area contributed by atoms with Gasteiger partial charge in [0.2, 0.25) is 9.84 Å². The Kier molecular flexibility index (Phi) is 9.38. The molecule has 0 spiro atoms. The standard InChI is InChI=1S/C24H27ClN4O2S2.C2HF3O2/c1-28(22-10-26-23(9-21(22)25)33(30,31)15-20-14-32-16-27-20)24-18-7-8-19(24)13-29(12-18)11-17-5-3-2-4-6-17;3-2(4,5)1(6)7/h2-6,9-10,14,16,18-19,24H,7-8,11-13,15H2,1H3;(H,6,7)/t18-,19+,24?;. The van der Waals surface area contributed by atoms with Gasteiger partial charge in [0.05, 0.1) is 33.9 Å². The molecule has 2 aliphatic rings. The Morgan fingerprint density at radius 1 is 1.18 bits per heavy atom. The van der Waals surface area contributed by atoms with Crippen molar-refractivity contribution < 1.29 is 31.5 Å². The van der Waals surface area contributed by atoms with Crippen molar-refractivity contribution in [2.45, 2.75) is 42.4 Å². The molecule has 3 heterocycles. The Bertz CT molecular complexity index is 1400. The van der Waals surface area contributed by atoms with Gasteiger partial charge in [0.1, 0.15) is 0 Å². The molecule has 1 aromatic carbocycles. The fourth-order valence-corrected chi connectivity index (χ4v) is 7.69. The Morgan fingerprint density at radius 2 is 1.80 bits per heavy atom. The van der Waals surface area contributed by atoms with Gasteiger partial charge in [-0.25, -0.2) is 23.2 Å². The van der Waals surface area contributed by atoms with Crippen molar-refractivity contribution >= 4 is 44.4 Å². The summed E-state index contributed by atoms with van der Waals surface area (Å²) in [5.41, 5.74) is 4.30. The van der Waals surface area contributed by atoms with Gasteiger partial charge in [-0.2, -0.15) is 13.2 Å². The Labute approximate surface area is 239 Å². The summed E-state index contributed by atoms with van der Waals surface area (Å²) in [6, 6.07) is 12.5. The number of piperidine rings is 1. The van der Waals surface area contributed by atoms with Crippen molar-refractivity contribution in [2.24, 2.45) is 11.8 Å². The number of halogens is 4. The average molecular weight is 617 g/mol. The van der Waals surface area contributed by atoms with Crippen LogP contribution < -0.4 is 4.90 Å². The van der Waals surface area contributed by atoms with Crippen LogP contribution in [-0.4, -0.2) is 66.7 Å². The van der Waals surface area contributed by atoms with Gasteiger partial charge in [0.15, 0.2) is 5.03 Å². The molecule has 0 amide bonds. The van der Waals surface area contributed by atoms with Crippen LogP contribution in [0.5, 0.6) is 0 Å². The lowest BCUT2D eigenvalue weighted by atomic mass is 9.90. The number of aromatic nitrogens is 2. The second kappa shape index (κ2) is 12.4. The van der Waals surface area contributed by atoms with Crippen LogP contribution in [0.1, 0.15) is 24.1 Å². The van der Waals surface area contributed by atoms with E-state index in [-0.39, 0.29) is 10.8 Å². The first-order valence-corrected chi connectivity index (χ1v) is 15.4. The maximum atomic E-state index is 12.8. The number of pyridine rings is 1. The molecule has 1 saturated heterocycles. The third-order valence-corrected chi connectivity index (χ3v) is 9.60. The van der Waals surface area contributed by atoms with Gasteiger partial charge in [0, 0.05) is 38.1 Å². The molecule has 1 unspecified atom stereocenters. The van der Waals surface area contributed by atoms with Crippen LogP contribution >= 0.6 is 22.9 Å². The molecule has 3 aromatic rings. The summed E-state index contributed by atoms with van der Waals surface area (Å²) in [7, 11) is -1.53. The number of hydrogen-bond acceptors (Lipinski definition) is 8. The van der Waals surface area contributed by atoms with Gasteiger partial charge in [-0.05, 0) is 36.3 Å². The monoisotopic (exact) mass is 616 g/mol. The first-order valence-electron chi connectivity index (χ1n) is 12.4. The van der Waals surface area contributed by atoms with Crippen molar-refractivity contribution in [2.75, 3.05) is 25.0 Å². The predicted octanol–water partition coefficient (Wildman–Crippen LogP) is 5.15. The van der Waals surface area contributed by atoms with E-state index >= 15 is 0 Å². The van der Waals surface area contributed by atoms with Gasteiger partial charge in [-0.15, -0.1) is 11.3 Å². The molecular formula is C26H28ClF3N4O4S2. The highest BCUT2D eigenvalue weighted by Gasteiger charge is 2.44. The number of rotatable bonds is 7. The van der Waals surface area contributed by atoms with Gasteiger partial charge < -0.3 is 10.0 Å². The molecule has 1 saturated carbocycles. The van der Waals surface area contributed by atoms with Gasteiger partial charge in [0.25, 0.3) is 0 Å². The van der Waals surface area contributed by atoms with Crippen LogP contribution in [-0.2, 0) is 26.9 Å². The smallest absolute Gasteiger partial charge is 0.475 e. The van der Waals surface area contributed by atoms with Crippen molar-refractivity contribution in [3.05, 3.63) is 69.8 Å². The molecule has 8 nitrogen and oxygen atoms in total. The first kappa shape index (κ1) is 30.2. The number of aliphatic carboxylic acids is 1. The first-order chi connectivity index (χ1) is 18.8. The summed E-state index contributed by atoms with van der Waals surface area (Å²) in [6.45, 7) is 3.11. The third kappa shape index (κ3) is 7.31. The molecule has 0 radical (unpaired) electrons. The normalized spacial score (nSPS) is 21.0. The highest BCUT2D eigenvalue weighted by molar-refractivity contribution is 7.90. The summed E-state index contributed by atoms with van der Waals surface area (Å²) in [6.07, 6.45) is -1.06. The molecule has 216 valence electrons. The second-order valence-corrected chi connectivity index (χ2v) is 13.0. The van der Waals surface area contributed by atoms with Gasteiger partial charge >= 0.3 is 12.1 Å². The SMILES string of the molecule is CN(c1cnc(S(=O)(=O)Cc2cscn2)cc1Cl)C1[C@@H]2CC[C@H]1CN(Cc1ccccc1)C2.O=C(O)C(F)(F)F. The third-order valence-electron chi connectivity index (χ3n) is 7.13. The van der Waals surface area contributed by atoms with E-state index in [0.717, 1.165) is 25.3 Å². The lowest BCUT2D eigenvalue weighted by Crippen LogP contribution is -2.51. The highest BCUT2D eigenvalue weighted by Crippen LogP contribution is 2.42. The maximum absolute atomic E-state index is 12.8. The molecule has 2 bridgehead atoms. The Morgan fingerprint density at radius 3 is 2.33 bits per heavy atom. The number of carboxylic acid groups (broad SMARTS) is 1. The predicted molar refractivity (Wildman–Crippen MR) is 146 cm³/mol. The zero-order valence-electron chi connectivity index (χ0n) is 21.5. The van der Waals surface area contributed by atoms with Crippen LogP contribution in [0.3, 0.4) is 0 Å². The van der Waals surface area contributed by atoms with Gasteiger partial charge in [-0.1, -0.05) is 41.9 Å². The summed E-state index contributed by atoms with van der Waals surface area (Å²) in [4.78, 5) is 22.1. The molecule has 1 aliphatic heterocycles. The highest BCUT2D eigenvalue weighted by atomic mass is 35.5. The van der Waals surface area contributed by atoms with E-state index in [4.69, 9.17) is 21.5 Å². The van der Waals surface area contributed by atoms with E-state index in [1.807, 2.05) is 0 Å². The number of nitrogens with zero attached hydrogens (tertiary/aromatic N) is 4. The largest absolute Gasteiger partial charge is 0.490 e. The van der Waals surface area contributed by atoms with E-state index in [1.165, 1.54) is 35.8 Å². The summed E-state index contributed by atoms with van der Waals surface area (Å²) < 4.78 is 57.3. The lowest BCUT2D eigenvalue weighted by molar-refractivity contribution is -0.192. The number of carboxylic acids is 1. The number of sulfone groups is 1. The fourth-order valence-electron chi connectivity index (χ4n) is 5.47. The molecule has 3 atom stereocenters. The van der Waals surface area contributed by atoms with E-state index < -0.39 is 22.0 Å². The Hall–Kier alpha value is -2.74. The molecule has 1 aliphatic carbocycles. The van der Waals surface area contributed by atoms with Crippen LogP contribution in [0.2, 0.25) is 5.02 Å². The topological polar surface area (TPSA) is 104 Å². The van der Waals surface area contributed by atoms with Crippen molar-refractivity contribution in [1.82, 2.24) is 14.9 Å². The molecule has 2 aromatic heterocycles. The summed E-state index contributed by atoms with van der Waals surface area (Å²) in [5.74, 6) is -1.81. The van der Waals surface area contributed by atoms with Crippen molar-refractivity contribution in [3.63, 3.8) is 0 Å². The maximum Gasteiger partial charge on any atom is 0.490 e. The van der Waals surface area contributed by atoms with Crippen molar-refractivity contribution in [3.8, 4) is 0 Å². The van der Waals surface area contributed by atoms with E-state index in [1.54, 1.807) is 17.1 Å². The summed E-state index contributed by atoms with van der Waals surface area (Å²) >= 11 is 7.99. The molecule has 14 heteroatoms. The molecule has 2 fully saturated rings. The minimum atomic E-state index is -5.08. The molecular weight excluding hydrogens is 589 g/mol. The van der Waals surface area contributed by atoms with Gasteiger partial charge in [-0.3, -0.25) is 4.90 Å². The zero-order chi connectivity index (χ0) is 29.1. The van der Waals surface area contributed by atoms with Crippen LogP contribution in [0.25, 0.3) is 0 Å². The van der Waals surface area contributed by atoms with Crippen LogP contribution in [0, 0.1) is 11.8 Å². The number of likely N-dealkylation sites (tertiary alicyclic amines) is 1. The fraction of sp³-hybridized carbons (Fsp3) is 0.423. The zero-order valence-corrected chi connectivity index (χ0v) is 23.8. The van der Waals surface area contributed by atoms with Crippen molar-refractivity contribution in [1.29, 1.82) is 0 Å². The number of fused-ring (bicyclic) bond motifs is 2. The number of anilines is 1. The molecule has 5 rings (SSSR count). The molecule has 40 heavy (non-hydrogen) atoms. The second-order valence-electron chi connectivity index (χ2n) is 9.89. The minimum absolute atomic E-state index is 0.00157. The van der Waals surface area contributed by atoms with E-state index in [0.29, 0.717) is 28.6 Å². The van der Waals surface area contributed by atoms with E-state index in [9.17, 15) is 21.6 Å². The van der Waals surface area contributed by atoms with Crippen LogP contribution in [0.15, 0.2) is 58.5 Å². The number of thiazole rings is 1. The summed E-state index contributed by atoms with van der Waals surface area (Å²) in [5, 5.41) is 9.29. The number of carbonyl (C=O) groups is 1. The van der Waals surface area contributed by atoms with Crippen LogP contribution in [0.4, 0.5) is 18.9 Å². The average Bonchev–Trinajstić information content (AvgIpc) is 3.49. The van der Waals surface area contributed by atoms with E-state index in [2.05, 4.69) is 57.1 Å². The number of alkyl halides is 3. The number of benzene rings is 1. The number of hydrogen-bond donors (Lipinski definition) is 1. The lowest BCUT2D eigenvalue weighted by Gasteiger charge is -2.43. The quantitative estimate of drug-likeness (QED) is 0.389. The molecule has 1 N–H and O–H groups in total. The Balaban J connectivity index is 0.000000470.